The Balaban J connectivity index is 1.85. The summed E-state index contributed by atoms with van der Waals surface area (Å²) in [5.74, 6) is 0. The largest absolute Gasteiger partial charge is 0.388 e. The van der Waals surface area contributed by atoms with E-state index in [2.05, 4.69) is 10.0 Å². The van der Waals surface area contributed by atoms with Crippen molar-refractivity contribution in [3.8, 4) is 0 Å². The maximum atomic E-state index is 11.4. The second-order valence-electron chi connectivity index (χ2n) is 6.91. The van der Waals surface area contributed by atoms with Crippen LogP contribution in [0.4, 0.5) is 0 Å². The van der Waals surface area contributed by atoms with Crippen molar-refractivity contribution in [2.45, 2.75) is 41.3 Å². The van der Waals surface area contributed by atoms with Gasteiger partial charge in [0.1, 0.15) is 23.7 Å². The van der Waals surface area contributed by atoms with Crippen LogP contribution in [0.5, 0.6) is 0 Å². The van der Waals surface area contributed by atoms with Crippen molar-refractivity contribution in [3.63, 3.8) is 0 Å². The zero-order chi connectivity index (χ0) is 22.3. The molecule has 166 valence electrons. The maximum Gasteiger partial charge on any atom is 0.264 e. The molecule has 0 saturated carbocycles. The minimum absolute atomic E-state index is 0.169. The van der Waals surface area contributed by atoms with Gasteiger partial charge in [-0.3, -0.25) is 4.18 Å². The summed E-state index contributed by atoms with van der Waals surface area (Å²) in [6, 6.07) is 17.8. The molecule has 1 fully saturated rings. The van der Waals surface area contributed by atoms with E-state index in [1.54, 1.807) is 0 Å². The van der Waals surface area contributed by atoms with Gasteiger partial charge in [-0.15, -0.1) is 0 Å². The van der Waals surface area contributed by atoms with Crippen molar-refractivity contribution < 1.29 is 27.2 Å². The first-order valence-corrected chi connectivity index (χ1v) is 12.2. The van der Waals surface area contributed by atoms with E-state index in [0.29, 0.717) is 0 Å². The molecule has 0 amide bonds. The van der Waals surface area contributed by atoms with Gasteiger partial charge in [-0.1, -0.05) is 65.4 Å². The highest BCUT2D eigenvalue weighted by Gasteiger charge is 2.46. The van der Waals surface area contributed by atoms with E-state index in [-0.39, 0.29) is 13.2 Å². The average Bonchev–Trinajstić information content (AvgIpc) is 2.75. The van der Waals surface area contributed by atoms with Gasteiger partial charge >= 0.3 is 0 Å². The highest BCUT2D eigenvalue weighted by atomic mass is 32.2. The molecule has 1 heterocycles. The van der Waals surface area contributed by atoms with Crippen LogP contribution >= 0.6 is 11.8 Å². The summed E-state index contributed by atoms with van der Waals surface area (Å²) in [6.45, 7) is -0.220. The monoisotopic (exact) mass is 465 g/mol. The van der Waals surface area contributed by atoms with Crippen LogP contribution in [0.1, 0.15) is 5.56 Å². The number of ether oxygens (including phenoxy) is 2. The predicted molar refractivity (Wildman–Crippen MR) is 116 cm³/mol. The van der Waals surface area contributed by atoms with E-state index in [4.69, 9.17) is 19.2 Å². The molecular weight excluding hydrogens is 442 g/mol. The molecule has 2 aromatic carbocycles. The van der Waals surface area contributed by atoms with Gasteiger partial charge < -0.3 is 14.6 Å². The molecule has 2 aromatic rings. The van der Waals surface area contributed by atoms with Crippen molar-refractivity contribution in [3.05, 3.63) is 76.7 Å². The Morgan fingerprint density at radius 2 is 1.81 bits per heavy atom. The summed E-state index contributed by atoms with van der Waals surface area (Å²) in [6.07, 6.45) is -2.28. The van der Waals surface area contributed by atoms with Gasteiger partial charge in [-0.05, 0) is 23.2 Å². The van der Waals surface area contributed by atoms with Crippen molar-refractivity contribution in [1.29, 1.82) is 0 Å². The topological polar surface area (TPSA) is 131 Å². The van der Waals surface area contributed by atoms with Gasteiger partial charge in [0.05, 0.1) is 25.6 Å². The lowest BCUT2D eigenvalue weighted by Crippen LogP contribution is -2.58. The SMILES string of the molecule is CS(=O)(=O)OC[C@H]1O[C@@H](Sc2ccccc2)[C@H](N=[N+]=[N-])[C@@H](OCc2ccccc2)[C@@H]1O. The van der Waals surface area contributed by atoms with Gasteiger partial charge in [-0.25, -0.2) is 0 Å². The summed E-state index contributed by atoms with van der Waals surface area (Å²) >= 11 is 1.29. The van der Waals surface area contributed by atoms with Crippen LogP contribution in [0.2, 0.25) is 0 Å². The van der Waals surface area contributed by atoms with Crippen LogP contribution in [0.3, 0.4) is 0 Å². The van der Waals surface area contributed by atoms with Crippen LogP contribution in [0, 0.1) is 0 Å². The predicted octanol–water partition coefficient (Wildman–Crippen LogP) is 3.11. The van der Waals surface area contributed by atoms with Crippen LogP contribution in [-0.2, 0) is 30.4 Å². The molecule has 9 nitrogen and oxygen atoms in total. The summed E-state index contributed by atoms with van der Waals surface area (Å²) in [7, 11) is -3.74. The fourth-order valence-corrected chi connectivity index (χ4v) is 4.62. The highest BCUT2D eigenvalue weighted by Crippen LogP contribution is 2.36. The van der Waals surface area contributed by atoms with E-state index in [0.717, 1.165) is 16.7 Å². The summed E-state index contributed by atoms with van der Waals surface area (Å²) in [5, 5.41) is 14.7. The summed E-state index contributed by atoms with van der Waals surface area (Å²) in [5.41, 5.74) is 9.27. The maximum absolute atomic E-state index is 11.4. The van der Waals surface area contributed by atoms with E-state index in [9.17, 15) is 13.5 Å². The third-order valence-corrected chi connectivity index (χ3v) is 6.28. The van der Waals surface area contributed by atoms with Gasteiger partial charge in [0.2, 0.25) is 0 Å². The molecular formula is C20H23N3O6S2. The molecule has 0 bridgehead atoms. The molecule has 3 rings (SSSR count). The van der Waals surface area contributed by atoms with E-state index in [1.165, 1.54) is 11.8 Å². The fraction of sp³-hybridized carbons (Fsp3) is 0.400. The molecule has 1 N–H and O–H groups in total. The smallest absolute Gasteiger partial charge is 0.264 e. The van der Waals surface area contributed by atoms with E-state index >= 15 is 0 Å². The third kappa shape index (κ3) is 6.94. The lowest BCUT2D eigenvalue weighted by atomic mass is 9.98. The second kappa shape index (κ2) is 11.0. The van der Waals surface area contributed by atoms with Crippen LogP contribution < -0.4 is 0 Å². The lowest BCUT2D eigenvalue weighted by molar-refractivity contribution is -0.182. The van der Waals surface area contributed by atoms with Gasteiger partial charge in [0, 0.05) is 9.81 Å². The van der Waals surface area contributed by atoms with Crippen LogP contribution in [-0.4, -0.2) is 56.2 Å². The Labute approximate surface area is 185 Å². The number of aliphatic hydroxyl groups excluding tert-OH is 1. The number of aliphatic hydroxyl groups is 1. The van der Waals surface area contributed by atoms with Gasteiger partial charge in [0.25, 0.3) is 10.1 Å². The van der Waals surface area contributed by atoms with Crippen LogP contribution in [0.25, 0.3) is 10.4 Å². The normalized spacial score (nSPS) is 26.2. The minimum atomic E-state index is -3.74. The molecule has 5 atom stereocenters. The molecule has 11 heteroatoms. The standard InChI is InChI=1S/C20H23N3O6S2/c1-31(25,26)28-13-16-18(24)19(27-12-14-8-4-2-5-9-14)17(22-23-21)20(29-16)30-15-10-6-3-7-11-15/h2-11,16-20,24H,12-13H2,1H3/t16-,17-,18-,19-,20+/m1/s1. The van der Waals surface area contributed by atoms with Crippen molar-refractivity contribution in [2.24, 2.45) is 5.11 Å². The Morgan fingerprint density at radius 3 is 2.42 bits per heavy atom. The van der Waals surface area contributed by atoms with Crippen molar-refractivity contribution >= 4 is 21.9 Å². The lowest BCUT2D eigenvalue weighted by Gasteiger charge is -2.42. The Kier molecular flexibility index (Phi) is 8.33. The second-order valence-corrected chi connectivity index (χ2v) is 9.73. The molecule has 0 aromatic heterocycles. The first-order valence-electron chi connectivity index (χ1n) is 9.47. The molecule has 1 aliphatic rings. The van der Waals surface area contributed by atoms with Gasteiger partial charge in [-0.2, -0.15) is 8.42 Å². The van der Waals surface area contributed by atoms with Gasteiger partial charge in [0.15, 0.2) is 0 Å². The Hall–Kier alpha value is -2.11. The number of benzene rings is 2. The number of nitrogens with zero attached hydrogens (tertiary/aromatic N) is 3. The molecule has 0 radical (unpaired) electrons. The molecule has 0 spiro atoms. The number of hydrogen-bond donors (Lipinski definition) is 1. The number of azide groups is 1. The molecule has 0 unspecified atom stereocenters. The zero-order valence-electron chi connectivity index (χ0n) is 16.7. The molecule has 0 aliphatic carbocycles. The van der Waals surface area contributed by atoms with E-state index < -0.39 is 39.9 Å². The van der Waals surface area contributed by atoms with E-state index in [1.807, 2.05) is 60.7 Å². The Morgan fingerprint density at radius 1 is 1.16 bits per heavy atom. The average molecular weight is 466 g/mol. The summed E-state index contributed by atoms with van der Waals surface area (Å²) < 4.78 is 39.7. The first kappa shape index (κ1) is 23.6. The highest BCUT2D eigenvalue weighted by molar-refractivity contribution is 7.99. The number of rotatable bonds is 9. The summed E-state index contributed by atoms with van der Waals surface area (Å²) in [4.78, 5) is 3.77. The van der Waals surface area contributed by atoms with Crippen molar-refractivity contribution in [2.75, 3.05) is 12.9 Å². The first-order chi connectivity index (χ1) is 14.9. The fourth-order valence-electron chi connectivity index (χ4n) is 3.10. The third-order valence-electron chi connectivity index (χ3n) is 4.55. The molecule has 1 saturated heterocycles. The number of hydrogen-bond acceptors (Lipinski definition) is 8. The number of thioether (sulfide) groups is 1. The van der Waals surface area contributed by atoms with Crippen LogP contribution in [0.15, 0.2) is 70.7 Å². The minimum Gasteiger partial charge on any atom is -0.388 e. The molecule has 31 heavy (non-hydrogen) atoms. The quantitative estimate of drug-likeness (QED) is 0.260. The van der Waals surface area contributed by atoms with Crippen molar-refractivity contribution in [1.82, 2.24) is 0 Å². The molecule has 1 aliphatic heterocycles. The Bertz CT molecular complexity index is 986. The zero-order valence-corrected chi connectivity index (χ0v) is 18.4.